The molecule has 1 aromatic carbocycles. The number of alkyl halides is 1. The highest BCUT2D eigenvalue weighted by Crippen LogP contribution is 2.18. The maximum absolute atomic E-state index is 13.5. The molecule has 1 atom stereocenters. The third-order valence-corrected chi connectivity index (χ3v) is 3.94. The van der Waals surface area contributed by atoms with Gasteiger partial charge in [0.15, 0.2) is 0 Å². The molecule has 1 N–H and O–H groups in total. The van der Waals surface area contributed by atoms with E-state index in [1.807, 2.05) is 27.7 Å². The summed E-state index contributed by atoms with van der Waals surface area (Å²) in [5, 5.41) is 2.81. The van der Waals surface area contributed by atoms with Crippen molar-refractivity contribution < 1.29 is 9.18 Å². The van der Waals surface area contributed by atoms with Crippen LogP contribution in [0, 0.1) is 12.7 Å². The number of halogens is 2. The number of nitrogens with one attached hydrogen (secondary N) is 1. The molecule has 0 spiro atoms. The highest BCUT2D eigenvalue weighted by Gasteiger charge is 2.27. The van der Waals surface area contributed by atoms with E-state index in [9.17, 15) is 9.18 Å². The van der Waals surface area contributed by atoms with Crippen LogP contribution in [-0.2, 0) is 0 Å². The lowest BCUT2D eigenvalue weighted by molar-refractivity contribution is 0.0909. The minimum atomic E-state index is -0.494. The number of benzene rings is 1. The minimum absolute atomic E-state index is 0.0891. The van der Waals surface area contributed by atoms with Crippen LogP contribution in [0.3, 0.4) is 0 Å². The molecule has 0 aromatic heterocycles. The summed E-state index contributed by atoms with van der Waals surface area (Å²) in [4.78, 5) is 12.1. The van der Waals surface area contributed by atoms with Gasteiger partial charge in [-0.25, -0.2) is 4.39 Å². The van der Waals surface area contributed by atoms with Gasteiger partial charge in [-0.1, -0.05) is 34.5 Å². The fourth-order valence-electron chi connectivity index (χ4n) is 1.27. The van der Waals surface area contributed by atoms with Crippen LogP contribution in [0.4, 0.5) is 4.39 Å². The van der Waals surface area contributed by atoms with E-state index < -0.39 is 11.4 Å². The summed E-state index contributed by atoms with van der Waals surface area (Å²) in [7, 11) is 0. The second-order valence-corrected chi connectivity index (χ2v) is 6.15. The van der Waals surface area contributed by atoms with Gasteiger partial charge in [-0.15, -0.1) is 0 Å². The Hall–Kier alpha value is -0.900. The quantitative estimate of drug-likeness (QED) is 0.852. The van der Waals surface area contributed by atoms with Crippen LogP contribution < -0.4 is 5.32 Å². The van der Waals surface area contributed by atoms with Gasteiger partial charge >= 0.3 is 0 Å². The van der Waals surface area contributed by atoms with Gasteiger partial charge < -0.3 is 5.32 Å². The first kappa shape index (κ1) is 14.2. The van der Waals surface area contributed by atoms with Gasteiger partial charge in [0.1, 0.15) is 5.82 Å². The molecule has 0 heterocycles. The SMILES string of the molecule is Cc1ccc(F)c(C(=O)NC(C)(C)C(C)Br)c1. The van der Waals surface area contributed by atoms with Crippen molar-refractivity contribution in [2.75, 3.05) is 0 Å². The van der Waals surface area contributed by atoms with Crippen molar-refractivity contribution in [1.82, 2.24) is 5.32 Å². The van der Waals surface area contributed by atoms with E-state index in [0.717, 1.165) is 5.56 Å². The van der Waals surface area contributed by atoms with Crippen LogP contribution in [0.5, 0.6) is 0 Å². The molecule has 94 valence electrons. The summed E-state index contributed by atoms with van der Waals surface area (Å²) in [6, 6.07) is 4.51. The fraction of sp³-hybridized carbons (Fsp3) is 0.462. The topological polar surface area (TPSA) is 29.1 Å². The average Bonchev–Trinajstić information content (AvgIpc) is 2.20. The maximum atomic E-state index is 13.5. The summed E-state index contributed by atoms with van der Waals surface area (Å²) in [5.74, 6) is -0.881. The van der Waals surface area contributed by atoms with Crippen molar-refractivity contribution in [3.8, 4) is 0 Å². The van der Waals surface area contributed by atoms with Gasteiger partial charge in [0.05, 0.1) is 5.56 Å². The van der Waals surface area contributed by atoms with Gasteiger partial charge in [0.25, 0.3) is 5.91 Å². The molecule has 4 heteroatoms. The zero-order chi connectivity index (χ0) is 13.2. The zero-order valence-corrected chi connectivity index (χ0v) is 12.1. The summed E-state index contributed by atoms with van der Waals surface area (Å²) in [5.41, 5.74) is 0.514. The number of carbonyl (C=O) groups excluding carboxylic acids is 1. The second kappa shape index (κ2) is 5.17. The van der Waals surface area contributed by atoms with Crippen molar-refractivity contribution in [2.45, 2.75) is 38.1 Å². The molecular formula is C13H17BrFNO. The zero-order valence-electron chi connectivity index (χ0n) is 10.5. The predicted molar refractivity (Wildman–Crippen MR) is 71.1 cm³/mol. The van der Waals surface area contributed by atoms with E-state index in [1.165, 1.54) is 6.07 Å². The molecule has 0 fully saturated rings. The van der Waals surface area contributed by atoms with Crippen molar-refractivity contribution in [3.05, 3.63) is 35.1 Å². The first-order valence-corrected chi connectivity index (χ1v) is 6.38. The molecule has 17 heavy (non-hydrogen) atoms. The first-order valence-electron chi connectivity index (χ1n) is 5.47. The van der Waals surface area contributed by atoms with Gasteiger partial charge in [-0.05, 0) is 32.9 Å². The Balaban J connectivity index is 2.94. The van der Waals surface area contributed by atoms with E-state index in [2.05, 4.69) is 21.2 Å². The van der Waals surface area contributed by atoms with Crippen molar-refractivity contribution in [1.29, 1.82) is 0 Å². The summed E-state index contributed by atoms with van der Waals surface area (Å²) >= 11 is 3.42. The standard InChI is InChI=1S/C13H17BrFNO/c1-8-5-6-11(15)10(7-8)12(17)16-13(3,4)9(2)14/h5-7,9H,1-4H3,(H,16,17). The van der Waals surface area contributed by atoms with Crippen molar-refractivity contribution in [2.24, 2.45) is 0 Å². The Morgan fingerprint density at radius 2 is 2.06 bits per heavy atom. The third-order valence-electron chi connectivity index (χ3n) is 2.80. The maximum Gasteiger partial charge on any atom is 0.254 e. The average molecular weight is 302 g/mol. The molecule has 1 amide bonds. The number of aryl methyl sites for hydroxylation is 1. The number of carbonyl (C=O) groups is 1. The van der Waals surface area contributed by atoms with Crippen LogP contribution >= 0.6 is 15.9 Å². The molecule has 0 saturated heterocycles. The van der Waals surface area contributed by atoms with Crippen LogP contribution in [0.25, 0.3) is 0 Å². The molecule has 0 saturated carbocycles. The molecule has 1 unspecified atom stereocenters. The molecule has 0 aliphatic rings. The van der Waals surface area contributed by atoms with Gasteiger partial charge in [-0.2, -0.15) is 0 Å². The largest absolute Gasteiger partial charge is 0.346 e. The molecule has 0 radical (unpaired) electrons. The Morgan fingerprint density at radius 1 is 1.47 bits per heavy atom. The number of amides is 1. The Bertz CT molecular complexity index is 429. The third kappa shape index (κ3) is 3.53. The van der Waals surface area contributed by atoms with Crippen molar-refractivity contribution in [3.63, 3.8) is 0 Å². The highest BCUT2D eigenvalue weighted by molar-refractivity contribution is 9.09. The van der Waals surface area contributed by atoms with Crippen LogP contribution in [0.15, 0.2) is 18.2 Å². The van der Waals surface area contributed by atoms with Crippen LogP contribution in [-0.4, -0.2) is 16.3 Å². The van der Waals surface area contributed by atoms with E-state index in [1.54, 1.807) is 12.1 Å². The fourth-order valence-corrected chi connectivity index (χ4v) is 1.39. The van der Waals surface area contributed by atoms with Gasteiger partial charge in [-0.3, -0.25) is 4.79 Å². The second-order valence-electron chi connectivity index (χ2n) is 4.78. The smallest absolute Gasteiger partial charge is 0.254 e. The molecule has 0 aliphatic carbocycles. The van der Waals surface area contributed by atoms with Crippen molar-refractivity contribution >= 4 is 21.8 Å². The van der Waals surface area contributed by atoms with E-state index in [4.69, 9.17) is 0 Å². The molecule has 1 aromatic rings. The lowest BCUT2D eigenvalue weighted by atomic mass is 10.0. The molecule has 2 nitrogen and oxygen atoms in total. The van der Waals surface area contributed by atoms with Gasteiger partial charge in [0, 0.05) is 10.4 Å². The summed E-state index contributed by atoms with van der Waals surface area (Å²) < 4.78 is 13.5. The normalized spacial score (nSPS) is 13.3. The predicted octanol–water partition coefficient (Wildman–Crippen LogP) is 3.43. The monoisotopic (exact) mass is 301 g/mol. The van der Waals surface area contributed by atoms with Crippen LogP contribution in [0.2, 0.25) is 0 Å². The van der Waals surface area contributed by atoms with E-state index in [-0.39, 0.29) is 16.3 Å². The Kier molecular flexibility index (Phi) is 4.31. The number of rotatable bonds is 3. The number of hydrogen-bond donors (Lipinski definition) is 1. The minimum Gasteiger partial charge on any atom is -0.346 e. The molecule has 0 bridgehead atoms. The Labute approximate surface area is 110 Å². The van der Waals surface area contributed by atoms with E-state index in [0.29, 0.717) is 0 Å². The lowest BCUT2D eigenvalue weighted by Gasteiger charge is -2.29. The summed E-state index contributed by atoms with van der Waals surface area (Å²) in [6.45, 7) is 7.54. The van der Waals surface area contributed by atoms with Crippen LogP contribution in [0.1, 0.15) is 36.7 Å². The highest BCUT2D eigenvalue weighted by atomic mass is 79.9. The molecule has 0 aliphatic heterocycles. The van der Waals surface area contributed by atoms with Gasteiger partial charge in [0.2, 0.25) is 0 Å². The lowest BCUT2D eigenvalue weighted by Crippen LogP contribution is -2.49. The first-order chi connectivity index (χ1) is 7.74. The molecular weight excluding hydrogens is 285 g/mol. The Morgan fingerprint density at radius 3 is 2.59 bits per heavy atom. The number of hydrogen-bond acceptors (Lipinski definition) is 1. The summed E-state index contributed by atoms with van der Waals surface area (Å²) in [6.07, 6.45) is 0. The van der Waals surface area contributed by atoms with E-state index >= 15 is 0 Å². The molecule has 1 rings (SSSR count).